The molecule has 4 aromatic heterocycles. The molecule has 0 bridgehead atoms. The van der Waals surface area contributed by atoms with Gasteiger partial charge in [0.1, 0.15) is 84.1 Å². The van der Waals surface area contributed by atoms with Gasteiger partial charge in [-0.15, -0.1) is 0 Å². The lowest BCUT2D eigenvalue weighted by molar-refractivity contribution is -0.137. The van der Waals surface area contributed by atoms with Crippen molar-refractivity contribution in [2.45, 2.75) is 199 Å². The van der Waals surface area contributed by atoms with E-state index in [1.807, 2.05) is 26.0 Å². The Morgan fingerprint density at radius 3 is 1.34 bits per heavy atom. The highest BCUT2D eigenvalue weighted by atomic mass is 31.3. The summed E-state index contributed by atoms with van der Waals surface area (Å²) in [5.74, 6) is -3.26. The van der Waals surface area contributed by atoms with Gasteiger partial charge in [-0.1, -0.05) is 85.1 Å². The second-order valence-electron chi connectivity index (χ2n) is 30.7. The maximum Gasteiger partial charge on any atom is 0.481 e. The molecule has 6 heterocycles. The van der Waals surface area contributed by atoms with E-state index >= 15 is 0 Å². The van der Waals surface area contributed by atoms with E-state index in [0.717, 1.165) is 92.2 Å². The number of aliphatic hydroxyl groups is 4. The van der Waals surface area contributed by atoms with Gasteiger partial charge in [-0.3, -0.25) is 65.0 Å². The molecular formula is C65H102N14O34P6. The Bertz CT molecular complexity index is 4700. The number of aromatic nitrogens is 8. The van der Waals surface area contributed by atoms with Crippen molar-refractivity contribution >= 4 is 116 Å². The number of carbonyl (C=O) groups excluding carboxylic acids is 6. The van der Waals surface area contributed by atoms with Crippen LogP contribution in [0.25, 0.3) is 22.3 Å². The Balaban J connectivity index is 0.642. The number of phosphoric acid groups is 6. The van der Waals surface area contributed by atoms with Crippen LogP contribution < -0.4 is 32.7 Å². The van der Waals surface area contributed by atoms with Crippen LogP contribution in [0.5, 0.6) is 0 Å². The maximum absolute atomic E-state index is 13.4. The van der Waals surface area contributed by atoms with Gasteiger partial charge in [0.05, 0.1) is 39.1 Å². The number of carbonyl (C=O) groups is 6. The molecule has 8 rings (SSSR count). The Labute approximate surface area is 680 Å². The molecule has 3 fully saturated rings. The van der Waals surface area contributed by atoms with E-state index in [-0.39, 0.29) is 97.4 Å². The number of Topliss-reactive ketones (excluding diaryl/α,β-unsaturated/α-hetero) is 2. The fraction of sp³-hybridized carbons (Fsp3) is 0.662. The molecule has 0 radical (unpaired) electrons. The summed E-state index contributed by atoms with van der Waals surface area (Å²) in [5, 5.41) is 53.7. The molecular weight excluding hydrogens is 1710 g/mol. The predicted molar refractivity (Wildman–Crippen MR) is 410 cm³/mol. The number of imidazole rings is 2. The highest BCUT2D eigenvalue weighted by molar-refractivity contribution is 7.61. The molecule has 1 aliphatic carbocycles. The lowest BCUT2D eigenvalue weighted by atomic mass is 9.81. The SMILES string of the molecule is CC(C)(CCCCc1ccccc1CCCCCC1(C(=O)CCNC(=O)CCNC(=O)C(O)C(C)(C)COP(=O)(O)OP(=O)(O)OCC2OC(n3cnc4c(N)ncnc43)C(O)C2OP(=O)(O)O)CC1)C(=O)CCNC(=O)CCNC(=O)C(O)C(C)(C)COP(=O)(O)OP(=O)(O)OCC1OC(n2cnc3c(N)ncnc32)C(O)C1OP(=O)(O)O. The summed E-state index contributed by atoms with van der Waals surface area (Å²) in [4.78, 5) is 181. The highest BCUT2D eigenvalue weighted by Gasteiger charge is 2.53. The van der Waals surface area contributed by atoms with Crippen LogP contribution in [-0.2, 0) is 114 Å². The van der Waals surface area contributed by atoms with Crippen LogP contribution in [0.1, 0.15) is 149 Å². The second kappa shape index (κ2) is 41.0. The number of nitrogens with one attached hydrogen (secondary N) is 4. The fourth-order valence-electron chi connectivity index (χ4n) is 13.0. The molecule has 4 amide bonds. The van der Waals surface area contributed by atoms with Gasteiger partial charge in [-0.05, 0) is 62.5 Å². The Hall–Kier alpha value is -6.36. The summed E-state index contributed by atoms with van der Waals surface area (Å²) in [6, 6.07) is 8.13. The smallest absolute Gasteiger partial charge is 0.386 e. The van der Waals surface area contributed by atoms with Crippen LogP contribution in [-0.4, -0.2) is 235 Å². The van der Waals surface area contributed by atoms with E-state index in [9.17, 15) is 116 Å². The fourth-order valence-corrected chi connectivity index (χ4v) is 18.6. The zero-order valence-corrected chi connectivity index (χ0v) is 70.8. The molecule has 20 N–H and O–H groups in total. The van der Waals surface area contributed by atoms with E-state index in [1.54, 1.807) is 0 Å². The molecule has 14 atom stereocenters. The van der Waals surface area contributed by atoms with Crippen LogP contribution in [0.3, 0.4) is 0 Å². The summed E-state index contributed by atoms with van der Waals surface area (Å²) in [6.07, 6.45) is -5.93. The molecule has 5 aromatic rings. The number of nitrogens with zero attached hydrogens (tertiary/aromatic N) is 8. The normalized spacial score (nSPS) is 22.3. The van der Waals surface area contributed by atoms with E-state index in [0.29, 0.717) is 12.8 Å². The third-order valence-electron chi connectivity index (χ3n) is 19.9. The number of nitrogens with two attached hydrogens (primary N) is 2. The number of hydrogen-bond acceptors (Lipinski definition) is 34. The summed E-state index contributed by atoms with van der Waals surface area (Å²) < 4.78 is 126. The molecule has 666 valence electrons. The number of benzene rings is 1. The quantitative estimate of drug-likeness (QED) is 0.0196. The van der Waals surface area contributed by atoms with Crippen LogP contribution in [0.15, 0.2) is 49.6 Å². The molecule has 54 heteroatoms. The highest BCUT2D eigenvalue weighted by Crippen LogP contribution is 2.63. The number of nitrogen functional groups attached to an aromatic ring is 2. The van der Waals surface area contributed by atoms with Crippen LogP contribution in [0.2, 0.25) is 0 Å². The number of hydrogen-bond donors (Lipinski definition) is 18. The molecule has 1 aromatic carbocycles. The minimum Gasteiger partial charge on any atom is -0.386 e. The predicted octanol–water partition coefficient (Wildman–Crippen LogP) is 2.06. The monoisotopic (exact) mass is 1810 g/mol. The van der Waals surface area contributed by atoms with Crippen molar-refractivity contribution in [3.8, 4) is 0 Å². The largest absolute Gasteiger partial charge is 0.481 e. The first-order valence-electron chi connectivity index (χ1n) is 37.3. The van der Waals surface area contributed by atoms with Gasteiger partial charge in [-0.25, -0.2) is 57.3 Å². The number of aliphatic hydroxyl groups excluding tert-OH is 4. The van der Waals surface area contributed by atoms with Crippen molar-refractivity contribution in [1.82, 2.24) is 60.3 Å². The van der Waals surface area contributed by atoms with Gasteiger partial charge in [-0.2, -0.15) is 8.62 Å². The van der Waals surface area contributed by atoms with Crippen LogP contribution in [0, 0.1) is 21.7 Å². The van der Waals surface area contributed by atoms with E-state index in [4.69, 9.17) is 39.0 Å². The number of anilines is 2. The van der Waals surface area contributed by atoms with Crippen molar-refractivity contribution < 1.29 is 161 Å². The summed E-state index contributed by atoms with van der Waals surface area (Å²) in [7, 11) is -33.2. The number of ketones is 2. The summed E-state index contributed by atoms with van der Waals surface area (Å²) in [5.41, 5.74) is 9.59. The van der Waals surface area contributed by atoms with Crippen molar-refractivity contribution in [3.63, 3.8) is 0 Å². The van der Waals surface area contributed by atoms with Gasteiger partial charge >= 0.3 is 46.9 Å². The zero-order valence-electron chi connectivity index (χ0n) is 65.4. The average molecular weight is 1810 g/mol. The first-order chi connectivity index (χ1) is 55.3. The van der Waals surface area contributed by atoms with Crippen molar-refractivity contribution in [3.05, 3.63) is 60.7 Å². The van der Waals surface area contributed by atoms with Gasteiger partial charge in [0.2, 0.25) is 23.6 Å². The van der Waals surface area contributed by atoms with E-state index in [2.05, 4.69) is 81.0 Å². The zero-order chi connectivity index (χ0) is 88.1. The van der Waals surface area contributed by atoms with Gasteiger partial charge < -0.3 is 102 Å². The van der Waals surface area contributed by atoms with Crippen molar-refractivity contribution in [2.24, 2.45) is 21.7 Å². The number of rotatable bonds is 51. The molecule has 2 saturated heterocycles. The third-order valence-corrected chi connectivity index (χ3v) is 26.1. The number of phosphoric ester groups is 6. The van der Waals surface area contributed by atoms with Crippen LogP contribution >= 0.6 is 46.9 Å². The number of fused-ring (bicyclic) bond motifs is 2. The minimum absolute atomic E-state index is 0.00373. The maximum atomic E-state index is 13.4. The molecule has 1 saturated carbocycles. The second-order valence-corrected chi connectivity index (χ2v) is 39.2. The molecule has 0 spiro atoms. The average Bonchev–Trinajstić information content (AvgIpc) is 1.62. The van der Waals surface area contributed by atoms with Crippen molar-refractivity contribution in [1.29, 1.82) is 0 Å². The molecule has 2 aliphatic heterocycles. The molecule has 119 heavy (non-hydrogen) atoms. The van der Waals surface area contributed by atoms with E-state index < -0.39 is 180 Å². The first kappa shape index (κ1) is 98.1. The van der Waals surface area contributed by atoms with Gasteiger partial charge in [0.25, 0.3) is 0 Å². The van der Waals surface area contributed by atoms with Gasteiger partial charge in [0.15, 0.2) is 35.4 Å². The standard InChI is InChI=1S/C65H102N14O34P6/c1-62(2,42(80)18-26-68-44(82)20-28-70-58(88)52(86)63(3,4)32-106-118(100,101)112-116(96,97)104-30-40-50(110-114(90,91)92)48(84)60(108-40)78-36-76-46-54(66)72-34-74-56(46)78)22-13-11-17-39-16-10-9-15-38(39)14-8-7-12-23-65(24-25-65)43(81)19-27-69-45(83)21-29-71-59(89)53(87)64(5,6)33-107-119(102,103)113-117(98,99)105-31-41-51(111-115(93,94)95)49(85)61(109-41)79-37-77-47-55(67)73-35-75-57(47)79/h9-10,15-16,34-37,40-41,48-53,60-61,84-87H,7-8,11-14,17-33H2,1-6H3,(H,68,82)(H,69,83)(H,70,88)(H,71,89)(H,96,97)(H,98,99)(H,100,101)(H,102,103)(H2,66,72,74)(H2,67,73,75)(H2,90,91,92)(H2,93,94,95). The molecule has 14 unspecified atom stereocenters. The van der Waals surface area contributed by atoms with E-state index in [1.165, 1.54) is 38.8 Å². The first-order valence-corrected chi connectivity index (χ1v) is 46.3. The van der Waals surface area contributed by atoms with Crippen molar-refractivity contribution in [2.75, 3.05) is 64.1 Å². The van der Waals surface area contributed by atoms with Crippen LogP contribution in [0.4, 0.5) is 11.6 Å². The van der Waals surface area contributed by atoms with Gasteiger partial charge in [0, 0.05) is 73.5 Å². The number of ether oxygens (including phenoxy) is 2. The number of aryl methyl sites for hydroxylation is 2. The number of unbranched alkanes of at least 4 members (excludes halogenated alkanes) is 3. The lowest BCUT2D eigenvalue weighted by Crippen LogP contribution is -2.46. The summed E-state index contributed by atoms with van der Waals surface area (Å²) >= 11 is 0. The Morgan fingerprint density at radius 1 is 0.538 bits per heavy atom. The summed E-state index contributed by atoms with van der Waals surface area (Å²) in [6.45, 7) is 3.88. The minimum atomic E-state index is -5.65. The third kappa shape index (κ3) is 28.6. The molecule has 3 aliphatic rings. The Morgan fingerprint density at radius 2 is 0.933 bits per heavy atom. The topological polar surface area (TPSA) is 727 Å². The lowest BCUT2D eigenvalue weighted by Gasteiger charge is -2.30. The number of amides is 4. The molecule has 48 nitrogen and oxygen atoms in total. The Kier molecular flexibility index (Phi) is 33.8.